The van der Waals surface area contributed by atoms with E-state index in [1.54, 1.807) is 18.2 Å². The van der Waals surface area contributed by atoms with E-state index in [1.807, 2.05) is 0 Å². The zero-order valence-electron chi connectivity index (χ0n) is 10.1. The van der Waals surface area contributed by atoms with Gasteiger partial charge in [0, 0.05) is 24.6 Å². The van der Waals surface area contributed by atoms with Crippen molar-refractivity contribution in [3.05, 3.63) is 34.6 Å². The summed E-state index contributed by atoms with van der Waals surface area (Å²) in [4.78, 5) is 2.13. The lowest BCUT2D eigenvalue weighted by Crippen LogP contribution is -2.40. The van der Waals surface area contributed by atoms with Crippen LogP contribution in [0.25, 0.3) is 0 Å². The van der Waals surface area contributed by atoms with Gasteiger partial charge in [-0.3, -0.25) is 10.3 Å². The average Bonchev–Trinajstić information content (AvgIpc) is 2.35. The Morgan fingerprint density at radius 1 is 1.56 bits per heavy atom. The molecule has 0 amide bonds. The molecule has 1 heterocycles. The third-order valence-corrected chi connectivity index (χ3v) is 3.66. The highest BCUT2D eigenvalue weighted by Gasteiger charge is 2.22. The topological polar surface area (TPSA) is 53.1 Å². The van der Waals surface area contributed by atoms with Gasteiger partial charge in [-0.25, -0.2) is 4.39 Å². The summed E-state index contributed by atoms with van der Waals surface area (Å²) >= 11 is 5.76. The summed E-state index contributed by atoms with van der Waals surface area (Å²) in [5.41, 5.74) is 6.14. The van der Waals surface area contributed by atoms with Crippen molar-refractivity contribution in [1.82, 2.24) is 4.90 Å². The van der Waals surface area contributed by atoms with E-state index in [9.17, 15) is 4.39 Å². The molecular weight excluding hydrogens is 253 g/mol. The van der Waals surface area contributed by atoms with Crippen LogP contribution in [0.1, 0.15) is 18.4 Å². The summed E-state index contributed by atoms with van der Waals surface area (Å²) in [5.74, 6) is -0.0172. The van der Waals surface area contributed by atoms with Crippen molar-refractivity contribution in [3.63, 3.8) is 0 Å². The van der Waals surface area contributed by atoms with Gasteiger partial charge < -0.3 is 5.73 Å². The molecule has 0 radical (unpaired) electrons. The molecule has 2 rings (SSSR count). The van der Waals surface area contributed by atoms with E-state index < -0.39 is 0 Å². The largest absolute Gasteiger partial charge is 0.387 e. The van der Waals surface area contributed by atoms with Crippen LogP contribution in [-0.2, 0) is 6.54 Å². The fraction of sp³-hybridized carbons (Fsp3) is 0.462. The van der Waals surface area contributed by atoms with Crippen LogP contribution in [0.4, 0.5) is 4.39 Å². The Hall–Kier alpha value is -1.13. The van der Waals surface area contributed by atoms with Crippen molar-refractivity contribution < 1.29 is 4.39 Å². The summed E-state index contributed by atoms with van der Waals surface area (Å²) in [6.07, 6.45) is 1.94. The Bertz CT molecular complexity index is 450. The van der Waals surface area contributed by atoms with Crippen molar-refractivity contribution in [2.24, 2.45) is 11.7 Å². The number of nitrogens with two attached hydrogens (primary N) is 1. The smallest absolute Gasteiger partial charge is 0.146 e. The van der Waals surface area contributed by atoms with E-state index in [4.69, 9.17) is 22.7 Å². The van der Waals surface area contributed by atoms with Gasteiger partial charge in [0.2, 0.25) is 0 Å². The van der Waals surface area contributed by atoms with E-state index in [1.165, 1.54) is 0 Å². The van der Waals surface area contributed by atoms with E-state index >= 15 is 0 Å². The number of nitrogens with one attached hydrogen (secondary N) is 1. The molecule has 1 fully saturated rings. The Balaban J connectivity index is 2.05. The quantitative estimate of drug-likeness (QED) is 0.655. The minimum absolute atomic E-state index is 0.0981. The maximum atomic E-state index is 13.8. The number of piperidine rings is 1. The number of hydrogen-bond donors (Lipinski definition) is 2. The molecule has 3 nitrogen and oxygen atoms in total. The molecule has 0 spiro atoms. The first-order valence-electron chi connectivity index (χ1n) is 6.07. The van der Waals surface area contributed by atoms with Gasteiger partial charge in [-0.15, -0.1) is 0 Å². The summed E-state index contributed by atoms with van der Waals surface area (Å²) in [6.45, 7) is 2.16. The first-order chi connectivity index (χ1) is 8.58. The SMILES string of the molecule is N=C(N)C1CCCN(Cc2cccc(Cl)c2F)C1. The molecule has 1 aliphatic rings. The fourth-order valence-electron chi connectivity index (χ4n) is 2.36. The zero-order valence-corrected chi connectivity index (χ0v) is 10.9. The summed E-state index contributed by atoms with van der Waals surface area (Å²) < 4.78 is 13.8. The second kappa shape index (κ2) is 5.67. The van der Waals surface area contributed by atoms with Crippen molar-refractivity contribution in [3.8, 4) is 0 Å². The lowest BCUT2D eigenvalue weighted by atomic mass is 9.96. The first kappa shape index (κ1) is 13.3. The molecule has 1 aromatic rings. The van der Waals surface area contributed by atoms with Crippen LogP contribution in [0.5, 0.6) is 0 Å². The van der Waals surface area contributed by atoms with Gasteiger partial charge in [0.25, 0.3) is 0 Å². The Labute approximate surface area is 111 Å². The number of rotatable bonds is 3. The molecule has 0 bridgehead atoms. The number of halogens is 2. The highest BCUT2D eigenvalue weighted by molar-refractivity contribution is 6.30. The number of amidine groups is 1. The fourth-order valence-corrected chi connectivity index (χ4v) is 2.56. The van der Waals surface area contributed by atoms with Gasteiger partial charge in [-0.05, 0) is 25.5 Å². The monoisotopic (exact) mass is 269 g/mol. The highest BCUT2D eigenvalue weighted by atomic mass is 35.5. The van der Waals surface area contributed by atoms with Gasteiger partial charge in [0.15, 0.2) is 0 Å². The Morgan fingerprint density at radius 3 is 3.06 bits per heavy atom. The average molecular weight is 270 g/mol. The molecule has 1 aromatic carbocycles. The molecule has 5 heteroatoms. The molecule has 98 valence electrons. The second-order valence-electron chi connectivity index (χ2n) is 4.74. The lowest BCUT2D eigenvalue weighted by Gasteiger charge is -2.32. The highest BCUT2D eigenvalue weighted by Crippen LogP contribution is 2.22. The van der Waals surface area contributed by atoms with Gasteiger partial charge >= 0.3 is 0 Å². The van der Waals surface area contributed by atoms with Gasteiger partial charge in [-0.2, -0.15) is 0 Å². The third kappa shape index (κ3) is 3.00. The zero-order chi connectivity index (χ0) is 13.1. The van der Waals surface area contributed by atoms with E-state index in [0.29, 0.717) is 12.1 Å². The molecule has 18 heavy (non-hydrogen) atoms. The van der Waals surface area contributed by atoms with Crippen LogP contribution >= 0.6 is 11.6 Å². The van der Waals surface area contributed by atoms with Gasteiger partial charge in [0.1, 0.15) is 5.82 Å². The minimum atomic E-state index is -0.343. The lowest BCUT2D eigenvalue weighted by molar-refractivity contribution is 0.193. The normalized spacial score (nSPS) is 20.9. The summed E-state index contributed by atoms with van der Waals surface area (Å²) in [6, 6.07) is 5.06. The molecule has 1 aliphatic heterocycles. The first-order valence-corrected chi connectivity index (χ1v) is 6.45. The van der Waals surface area contributed by atoms with Crippen LogP contribution in [0.3, 0.4) is 0 Å². The van der Waals surface area contributed by atoms with Crippen molar-refractivity contribution >= 4 is 17.4 Å². The van der Waals surface area contributed by atoms with Gasteiger partial charge in [0.05, 0.1) is 10.9 Å². The van der Waals surface area contributed by atoms with Crippen LogP contribution in [0, 0.1) is 17.1 Å². The number of nitrogens with zero attached hydrogens (tertiary/aromatic N) is 1. The second-order valence-corrected chi connectivity index (χ2v) is 5.15. The van der Waals surface area contributed by atoms with Crippen molar-refractivity contribution in [2.45, 2.75) is 19.4 Å². The molecule has 0 saturated carbocycles. The van der Waals surface area contributed by atoms with Crippen LogP contribution in [-0.4, -0.2) is 23.8 Å². The number of hydrogen-bond acceptors (Lipinski definition) is 2. The number of likely N-dealkylation sites (tertiary alicyclic amines) is 1. The maximum absolute atomic E-state index is 13.8. The molecule has 1 unspecified atom stereocenters. The Kier molecular flexibility index (Phi) is 4.19. The van der Waals surface area contributed by atoms with Crippen molar-refractivity contribution in [2.75, 3.05) is 13.1 Å². The predicted octanol–water partition coefficient (Wildman–Crippen LogP) is 2.63. The molecule has 0 aromatic heterocycles. The number of benzene rings is 1. The maximum Gasteiger partial charge on any atom is 0.146 e. The Morgan fingerprint density at radius 2 is 2.33 bits per heavy atom. The standard InChI is InChI=1S/C13H17ClFN3/c14-11-5-1-3-9(12(11)15)7-18-6-2-4-10(8-18)13(16)17/h1,3,5,10H,2,4,6-8H2,(H3,16,17). The molecular formula is C13H17ClFN3. The van der Waals surface area contributed by atoms with Crippen LogP contribution in [0.2, 0.25) is 5.02 Å². The van der Waals surface area contributed by atoms with E-state index in [-0.39, 0.29) is 22.6 Å². The van der Waals surface area contributed by atoms with Crippen molar-refractivity contribution in [1.29, 1.82) is 5.41 Å². The summed E-state index contributed by atoms with van der Waals surface area (Å²) in [5, 5.41) is 7.65. The van der Waals surface area contributed by atoms with Gasteiger partial charge in [-0.1, -0.05) is 23.7 Å². The van der Waals surface area contributed by atoms with E-state index in [2.05, 4.69) is 4.90 Å². The molecule has 1 saturated heterocycles. The summed E-state index contributed by atoms with van der Waals surface area (Å²) in [7, 11) is 0. The van der Waals surface area contributed by atoms with Crippen LogP contribution in [0.15, 0.2) is 18.2 Å². The molecule has 0 aliphatic carbocycles. The van der Waals surface area contributed by atoms with E-state index in [0.717, 1.165) is 25.9 Å². The molecule has 3 N–H and O–H groups in total. The minimum Gasteiger partial charge on any atom is -0.387 e. The molecule has 1 atom stereocenters. The van der Waals surface area contributed by atoms with Crippen LogP contribution < -0.4 is 5.73 Å². The predicted molar refractivity (Wildman–Crippen MR) is 71.3 cm³/mol. The third-order valence-electron chi connectivity index (χ3n) is 3.37.